The van der Waals surface area contributed by atoms with Gasteiger partial charge < -0.3 is 14.8 Å². The molecule has 0 spiro atoms. The van der Waals surface area contributed by atoms with Crippen molar-refractivity contribution in [1.29, 1.82) is 0 Å². The van der Waals surface area contributed by atoms with Gasteiger partial charge in [0, 0.05) is 29.3 Å². The standard InChI is InChI=1S/C15H22BrN3O/c1-2-18-7-3-4-12(10-18)17-15(20)14-8-11(16)9-19(14)13-5-6-13/h8-9,12-13H,2-7,10H2,1H3,(H,17,20). The fourth-order valence-electron chi connectivity index (χ4n) is 3.00. The Bertz CT molecular complexity index is 495. The smallest absolute Gasteiger partial charge is 0.268 e. The van der Waals surface area contributed by atoms with Crippen LogP contribution in [-0.2, 0) is 0 Å². The van der Waals surface area contributed by atoms with Gasteiger partial charge in [0.05, 0.1) is 0 Å². The van der Waals surface area contributed by atoms with Gasteiger partial charge in [0.2, 0.25) is 0 Å². The monoisotopic (exact) mass is 339 g/mol. The average molecular weight is 340 g/mol. The SMILES string of the molecule is CCN1CCCC(NC(=O)c2cc(Br)cn2C2CC2)C1. The lowest BCUT2D eigenvalue weighted by Crippen LogP contribution is -2.47. The Morgan fingerprint density at radius 1 is 1.45 bits per heavy atom. The lowest BCUT2D eigenvalue weighted by Gasteiger charge is -2.32. The zero-order valence-electron chi connectivity index (χ0n) is 11.9. The summed E-state index contributed by atoms with van der Waals surface area (Å²) in [4.78, 5) is 14.9. The van der Waals surface area contributed by atoms with E-state index in [0.717, 1.165) is 36.2 Å². The van der Waals surface area contributed by atoms with E-state index in [-0.39, 0.29) is 11.9 Å². The molecule has 1 aromatic rings. The maximum Gasteiger partial charge on any atom is 0.268 e. The molecule has 1 saturated heterocycles. The van der Waals surface area contributed by atoms with Crippen LogP contribution < -0.4 is 5.32 Å². The fourth-order valence-corrected chi connectivity index (χ4v) is 3.44. The van der Waals surface area contributed by atoms with E-state index >= 15 is 0 Å². The molecule has 1 saturated carbocycles. The van der Waals surface area contributed by atoms with Crippen molar-refractivity contribution in [1.82, 2.24) is 14.8 Å². The summed E-state index contributed by atoms with van der Waals surface area (Å²) in [6.45, 7) is 5.39. The number of likely N-dealkylation sites (N-methyl/N-ethyl adjacent to an activating group) is 1. The van der Waals surface area contributed by atoms with E-state index in [1.165, 1.54) is 19.3 Å². The lowest BCUT2D eigenvalue weighted by molar-refractivity contribution is 0.0896. The van der Waals surface area contributed by atoms with Crippen LogP contribution in [0.1, 0.15) is 49.1 Å². The van der Waals surface area contributed by atoms with Crippen LogP contribution >= 0.6 is 15.9 Å². The second kappa shape index (κ2) is 5.90. The summed E-state index contributed by atoms with van der Waals surface area (Å²) < 4.78 is 3.12. The molecule has 0 bridgehead atoms. The van der Waals surface area contributed by atoms with E-state index in [1.54, 1.807) is 0 Å². The van der Waals surface area contributed by atoms with Crippen LogP contribution in [0.5, 0.6) is 0 Å². The van der Waals surface area contributed by atoms with Crippen molar-refractivity contribution < 1.29 is 4.79 Å². The number of hydrogen-bond donors (Lipinski definition) is 1. The summed E-state index contributed by atoms with van der Waals surface area (Å²) in [6.07, 6.45) is 6.67. The Hall–Kier alpha value is -0.810. The predicted octanol–water partition coefficient (Wildman–Crippen LogP) is 2.80. The third kappa shape index (κ3) is 3.09. The molecule has 4 nitrogen and oxygen atoms in total. The Morgan fingerprint density at radius 3 is 2.95 bits per heavy atom. The molecular formula is C15H22BrN3O. The second-order valence-corrected chi connectivity index (χ2v) is 6.80. The minimum Gasteiger partial charge on any atom is -0.347 e. The normalized spacial score (nSPS) is 23.8. The van der Waals surface area contributed by atoms with E-state index in [4.69, 9.17) is 0 Å². The van der Waals surface area contributed by atoms with Gasteiger partial charge in [-0.3, -0.25) is 4.79 Å². The molecule has 2 aliphatic rings. The number of aromatic nitrogens is 1. The summed E-state index contributed by atoms with van der Waals surface area (Å²) in [5.41, 5.74) is 0.799. The molecule has 1 aliphatic heterocycles. The highest BCUT2D eigenvalue weighted by Crippen LogP contribution is 2.37. The lowest BCUT2D eigenvalue weighted by atomic mass is 10.1. The average Bonchev–Trinajstić information content (AvgIpc) is 3.21. The van der Waals surface area contributed by atoms with Gasteiger partial charge in [-0.1, -0.05) is 6.92 Å². The molecule has 0 aromatic carbocycles. The second-order valence-electron chi connectivity index (χ2n) is 5.89. The number of hydrogen-bond acceptors (Lipinski definition) is 2. The summed E-state index contributed by atoms with van der Waals surface area (Å²) in [6, 6.07) is 2.76. The first-order valence-electron chi connectivity index (χ1n) is 7.58. The van der Waals surface area contributed by atoms with Gasteiger partial charge in [-0.25, -0.2) is 0 Å². The van der Waals surface area contributed by atoms with Gasteiger partial charge in [0.15, 0.2) is 0 Å². The summed E-state index contributed by atoms with van der Waals surface area (Å²) in [5, 5.41) is 3.21. The Balaban J connectivity index is 1.67. The van der Waals surface area contributed by atoms with Gasteiger partial charge in [0.1, 0.15) is 5.69 Å². The van der Waals surface area contributed by atoms with Crippen LogP contribution in [-0.4, -0.2) is 41.1 Å². The number of carbonyl (C=O) groups is 1. The fraction of sp³-hybridized carbons (Fsp3) is 0.667. The maximum atomic E-state index is 12.5. The zero-order chi connectivity index (χ0) is 14.1. The zero-order valence-corrected chi connectivity index (χ0v) is 13.5. The van der Waals surface area contributed by atoms with E-state index < -0.39 is 0 Å². The van der Waals surface area contributed by atoms with E-state index in [9.17, 15) is 4.79 Å². The predicted molar refractivity (Wildman–Crippen MR) is 83.0 cm³/mol. The first-order chi connectivity index (χ1) is 9.67. The molecule has 1 unspecified atom stereocenters. The van der Waals surface area contributed by atoms with Crippen LogP contribution in [0.3, 0.4) is 0 Å². The molecule has 110 valence electrons. The molecular weight excluding hydrogens is 318 g/mol. The molecule has 3 rings (SSSR count). The highest BCUT2D eigenvalue weighted by molar-refractivity contribution is 9.10. The molecule has 2 heterocycles. The summed E-state index contributed by atoms with van der Waals surface area (Å²) in [5.74, 6) is 0.0746. The number of amides is 1. The molecule has 0 radical (unpaired) electrons. The molecule has 20 heavy (non-hydrogen) atoms. The summed E-state index contributed by atoms with van der Waals surface area (Å²) >= 11 is 3.48. The number of carbonyl (C=O) groups excluding carboxylic acids is 1. The Morgan fingerprint density at radius 2 is 2.25 bits per heavy atom. The van der Waals surface area contributed by atoms with E-state index in [0.29, 0.717) is 6.04 Å². The first kappa shape index (κ1) is 14.1. The quantitative estimate of drug-likeness (QED) is 0.915. The van der Waals surface area contributed by atoms with Gasteiger partial charge in [-0.15, -0.1) is 0 Å². The molecule has 1 N–H and O–H groups in total. The van der Waals surface area contributed by atoms with Crippen molar-refractivity contribution in [3.63, 3.8) is 0 Å². The minimum atomic E-state index is 0.0746. The van der Waals surface area contributed by atoms with Gasteiger partial charge in [0.25, 0.3) is 5.91 Å². The molecule has 5 heteroatoms. The molecule has 1 aromatic heterocycles. The Kier molecular flexibility index (Phi) is 4.17. The first-order valence-corrected chi connectivity index (χ1v) is 8.37. The van der Waals surface area contributed by atoms with Crippen LogP contribution in [0.2, 0.25) is 0 Å². The van der Waals surface area contributed by atoms with Gasteiger partial charge >= 0.3 is 0 Å². The third-order valence-electron chi connectivity index (χ3n) is 4.28. The van der Waals surface area contributed by atoms with Crippen molar-refractivity contribution in [2.24, 2.45) is 0 Å². The maximum absolute atomic E-state index is 12.5. The number of halogens is 1. The van der Waals surface area contributed by atoms with Crippen LogP contribution in [0, 0.1) is 0 Å². The van der Waals surface area contributed by atoms with Gasteiger partial charge in [-0.05, 0) is 60.8 Å². The van der Waals surface area contributed by atoms with Crippen molar-refractivity contribution in [3.8, 4) is 0 Å². The van der Waals surface area contributed by atoms with Crippen molar-refractivity contribution >= 4 is 21.8 Å². The minimum absolute atomic E-state index is 0.0746. The number of nitrogens with zero attached hydrogens (tertiary/aromatic N) is 2. The van der Waals surface area contributed by atoms with Crippen LogP contribution in [0.4, 0.5) is 0 Å². The molecule has 1 amide bonds. The van der Waals surface area contributed by atoms with E-state index in [1.807, 2.05) is 12.3 Å². The molecule has 1 aliphatic carbocycles. The summed E-state index contributed by atoms with van der Waals surface area (Å²) in [7, 11) is 0. The van der Waals surface area contributed by atoms with Gasteiger partial charge in [-0.2, -0.15) is 0 Å². The van der Waals surface area contributed by atoms with Crippen molar-refractivity contribution in [3.05, 3.63) is 22.4 Å². The number of nitrogens with one attached hydrogen (secondary N) is 1. The van der Waals surface area contributed by atoms with Crippen molar-refractivity contribution in [2.45, 2.75) is 44.7 Å². The largest absolute Gasteiger partial charge is 0.347 e. The topological polar surface area (TPSA) is 37.3 Å². The van der Waals surface area contributed by atoms with Crippen molar-refractivity contribution in [2.75, 3.05) is 19.6 Å². The number of likely N-dealkylation sites (tertiary alicyclic amines) is 1. The highest BCUT2D eigenvalue weighted by Gasteiger charge is 2.29. The molecule has 2 fully saturated rings. The number of rotatable bonds is 4. The molecule has 1 atom stereocenters. The highest BCUT2D eigenvalue weighted by atomic mass is 79.9. The Labute approximate surface area is 128 Å². The number of piperidine rings is 1. The van der Waals surface area contributed by atoms with Crippen LogP contribution in [0.15, 0.2) is 16.7 Å². The van der Waals surface area contributed by atoms with Crippen LogP contribution in [0.25, 0.3) is 0 Å². The third-order valence-corrected chi connectivity index (χ3v) is 4.71. The van der Waals surface area contributed by atoms with E-state index in [2.05, 4.69) is 37.6 Å².